The van der Waals surface area contributed by atoms with Gasteiger partial charge in [0.2, 0.25) is 0 Å². The second-order valence-corrected chi connectivity index (χ2v) is 9.75. The van der Waals surface area contributed by atoms with Gasteiger partial charge in [-0.05, 0) is 64.5 Å². The average Bonchev–Trinajstić information content (AvgIpc) is 3.03. The SMILES string of the molecule is CCOC(=O)c1cn2c(N3CCC(C)(C)CC3)c(C(=O)OC(C)(C)C)c(C)cc2n1. The Morgan fingerprint density at radius 1 is 1.17 bits per heavy atom. The van der Waals surface area contributed by atoms with Gasteiger partial charge < -0.3 is 14.4 Å². The number of rotatable bonds is 4. The van der Waals surface area contributed by atoms with Crippen molar-refractivity contribution in [3.8, 4) is 0 Å². The van der Waals surface area contributed by atoms with Gasteiger partial charge in [0.05, 0.1) is 6.61 Å². The first-order valence-electron chi connectivity index (χ1n) is 10.6. The minimum Gasteiger partial charge on any atom is -0.461 e. The number of piperidine rings is 1. The monoisotopic (exact) mass is 415 g/mol. The van der Waals surface area contributed by atoms with E-state index in [1.54, 1.807) is 13.1 Å². The Bertz CT molecular complexity index is 959. The van der Waals surface area contributed by atoms with E-state index < -0.39 is 11.6 Å². The number of carbonyl (C=O) groups excluding carboxylic acids is 2. The lowest BCUT2D eigenvalue weighted by molar-refractivity contribution is 0.00687. The third kappa shape index (κ3) is 4.60. The van der Waals surface area contributed by atoms with Crippen LogP contribution in [0.4, 0.5) is 5.82 Å². The Kier molecular flexibility index (Phi) is 5.85. The van der Waals surface area contributed by atoms with Gasteiger partial charge >= 0.3 is 11.9 Å². The summed E-state index contributed by atoms with van der Waals surface area (Å²) in [6.45, 7) is 15.7. The maximum absolute atomic E-state index is 13.2. The highest BCUT2D eigenvalue weighted by atomic mass is 16.6. The van der Waals surface area contributed by atoms with Crippen LogP contribution in [0.2, 0.25) is 0 Å². The summed E-state index contributed by atoms with van der Waals surface area (Å²) in [4.78, 5) is 32.1. The molecule has 2 aromatic rings. The zero-order valence-corrected chi connectivity index (χ0v) is 19.2. The van der Waals surface area contributed by atoms with Crippen LogP contribution in [0, 0.1) is 12.3 Å². The zero-order valence-electron chi connectivity index (χ0n) is 19.2. The van der Waals surface area contributed by atoms with Crippen LogP contribution < -0.4 is 4.90 Å². The van der Waals surface area contributed by atoms with E-state index in [1.165, 1.54) is 0 Å². The van der Waals surface area contributed by atoms with E-state index >= 15 is 0 Å². The fourth-order valence-electron chi connectivity index (χ4n) is 3.75. The minimum absolute atomic E-state index is 0.233. The lowest BCUT2D eigenvalue weighted by Gasteiger charge is -2.39. The smallest absolute Gasteiger partial charge is 0.358 e. The second-order valence-electron chi connectivity index (χ2n) is 9.75. The van der Waals surface area contributed by atoms with Crippen LogP contribution >= 0.6 is 0 Å². The molecule has 7 nitrogen and oxygen atoms in total. The normalized spacial score (nSPS) is 16.6. The van der Waals surface area contributed by atoms with Gasteiger partial charge in [-0.25, -0.2) is 14.6 Å². The lowest BCUT2D eigenvalue weighted by atomic mass is 9.82. The highest BCUT2D eigenvalue weighted by Crippen LogP contribution is 2.35. The maximum Gasteiger partial charge on any atom is 0.358 e. The average molecular weight is 416 g/mol. The zero-order chi connectivity index (χ0) is 22.3. The number of hydrogen-bond donors (Lipinski definition) is 0. The molecule has 30 heavy (non-hydrogen) atoms. The van der Waals surface area contributed by atoms with Gasteiger partial charge in [-0.15, -0.1) is 0 Å². The van der Waals surface area contributed by atoms with Gasteiger partial charge in [0, 0.05) is 19.3 Å². The molecule has 1 saturated heterocycles. The number of carbonyl (C=O) groups is 2. The summed E-state index contributed by atoms with van der Waals surface area (Å²) in [6, 6.07) is 1.82. The number of anilines is 1. The van der Waals surface area contributed by atoms with Crippen molar-refractivity contribution in [2.24, 2.45) is 5.41 Å². The van der Waals surface area contributed by atoms with Gasteiger partial charge in [0.1, 0.15) is 22.6 Å². The van der Waals surface area contributed by atoms with Gasteiger partial charge in [-0.1, -0.05) is 13.8 Å². The summed E-state index contributed by atoms with van der Waals surface area (Å²) < 4.78 is 12.7. The summed E-state index contributed by atoms with van der Waals surface area (Å²) in [6.07, 6.45) is 3.68. The highest BCUT2D eigenvalue weighted by Gasteiger charge is 2.32. The van der Waals surface area contributed by atoms with Gasteiger partial charge in [-0.3, -0.25) is 4.40 Å². The van der Waals surface area contributed by atoms with Gasteiger partial charge in [0.25, 0.3) is 0 Å². The minimum atomic E-state index is -0.606. The van der Waals surface area contributed by atoms with Crippen molar-refractivity contribution in [1.29, 1.82) is 0 Å². The van der Waals surface area contributed by atoms with Crippen LogP contribution in [-0.4, -0.2) is 46.6 Å². The van der Waals surface area contributed by atoms with Crippen molar-refractivity contribution in [2.45, 2.75) is 66.9 Å². The van der Waals surface area contributed by atoms with Crippen molar-refractivity contribution in [3.63, 3.8) is 0 Å². The number of ether oxygens (including phenoxy) is 2. The first-order chi connectivity index (χ1) is 13.9. The van der Waals surface area contributed by atoms with Crippen molar-refractivity contribution in [3.05, 3.63) is 29.1 Å². The molecule has 7 heteroatoms. The third-order valence-corrected chi connectivity index (χ3v) is 5.43. The van der Waals surface area contributed by atoms with Crippen molar-refractivity contribution in [1.82, 2.24) is 9.38 Å². The van der Waals surface area contributed by atoms with E-state index in [0.717, 1.165) is 37.3 Å². The fraction of sp³-hybridized carbons (Fsp3) is 0.609. The van der Waals surface area contributed by atoms with Crippen LogP contribution in [0.25, 0.3) is 5.65 Å². The molecule has 0 radical (unpaired) electrons. The van der Waals surface area contributed by atoms with Crippen LogP contribution in [0.3, 0.4) is 0 Å². The lowest BCUT2D eigenvalue weighted by Crippen LogP contribution is -2.39. The molecule has 3 rings (SSSR count). The molecule has 0 N–H and O–H groups in total. The number of esters is 2. The summed E-state index contributed by atoms with van der Waals surface area (Å²) in [5.74, 6) is -0.102. The van der Waals surface area contributed by atoms with Crippen molar-refractivity contribution in [2.75, 3.05) is 24.6 Å². The van der Waals surface area contributed by atoms with Crippen molar-refractivity contribution >= 4 is 23.4 Å². The van der Waals surface area contributed by atoms with Crippen molar-refractivity contribution < 1.29 is 19.1 Å². The van der Waals surface area contributed by atoms with Gasteiger partial charge in [0.15, 0.2) is 5.69 Å². The molecule has 1 aliphatic rings. The number of aryl methyl sites for hydroxylation is 1. The Hall–Kier alpha value is -2.57. The predicted octanol–water partition coefficient (Wildman–Crippen LogP) is 4.40. The van der Waals surface area contributed by atoms with Gasteiger partial charge in [-0.2, -0.15) is 0 Å². The number of nitrogens with zero attached hydrogens (tertiary/aromatic N) is 3. The number of fused-ring (bicyclic) bond motifs is 1. The second kappa shape index (κ2) is 7.93. The number of pyridine rings is 1. The van der Waals surface area contributed by atoms with Crippen LogP contribution in [0.15, 0.2) is 12.3 Å². The molecule has 0 unspecified atom stereocenters. The van der Waals surface area contributed by atoms with Crippen LogP contribution in [0.5, 0.6) is 0 Å². The summed E-state index contributed by atoms with van der Waals surface area (Å²) >= 11 is 0. The molecule has 0 aliphatic carbocycles. The molecule has 0 spiro atoms. The molecule has 0 amide bonds. The molecule has 164 valence electrons. The van der Waals surface area contributed by atoms with Crippen LogP contribution in [-0.2, 0) is 9.47 Å². The number of aromatic nitrogens is 2. The van der Waals surface area contributed by atoms with E-state index in [1.807, 2.05) is 38.2 Å². The molecular weight excluding hydrogens is 382 g/mol. The van der Waals surface area contributed by atoms with E-state index in [9.17, 15) is 9.59 Å². The van der Waals surface area contributed by atoms with E-state index in [2.05, 4.69) is 23.7 Å². The molecule has 2 aromatic heterocycles. The molecule has 0 bridgehead atoms. The van der Waals surface area contributed by atoms with Crippen LogP contribution in [0.1, 0.15) is 80.8 Å². The first-order valence-corrected chi connectivity index (χ1v) is 10.6. The largest absolute Gasteiger partial charge is 0.461 e. The summed E-state index contributed by atoms with van der Waals surface area (Å²) in [5.41, 5.74) is 1.79. The summed E-state index contributed by atoms with van der Waals surface area (Å²) in [5, 5.41) is 0. The number of imidazole rings is 1. The number of hydrogen-bond acceptors (Lipinski definition) is 6. The molecule has 1 aliphatic heterocycles. The Morgan fingerprint density at radius 2 is 1.80 bits per heavy atom. The molecule has 0 atom stereocenters. The molecule has 0 saturated carbocycles. The van der Waals surface area contributed by atoms with E-state index in [0.29, 0.717) is 11.2 Å². The fourth-order valence-corrected chi connectivity index (χ4v) is 3.75. The molecular formula is C23H33N3O4. The Balaban J connectivity index is 2.16. The summed E-state index contributed by atoms with van der Waals surface area (Å²) in [7, 11) is 0. The highest BCUT2D eigenvalue weighted by molar-refractivity contribution is 5.98. The maximum atomic E-state index is 13.2. The van der Waals surface area contributed by atoms with E-state index in [4.69, 9.17) is 9.47 Å². The predicted molar refractivity (Wildman–Crippen MR) is 116 cm³/mol. The standard InChI is InChI=1S/C23H33N3O4/c1-8-29-20(27)16-14-26-17(24-16)13-15(2)18(21(28)30-22(3,4)5)19(26)25-11-9-23(6,7)10-12-25/h13-14H,8-12H2,1-7H3. The first kappa shape index (κ1) is 22.1. The third-order valence-electron chi connectivity index (χ3n) is 5.43. The molecule has 1 fully saturated rings. The molecule has 3 heterocycles. The topological polar surface area (TPSA) is 73.1 Å². The Morgan fingerprint density at radius 3 is 2.37 bits per heavy atom. The Labute approximate surface area is 178 Å². The molecule has 0 aromatic carbocycles. The quantitative estimate of drug-likeness (QED) is 0.689. The van der Waals surface area contributed by atoms with E-state index in [-0.39, 0.29) is 23.7 Å².